The van der Waals surface area contributed by atoms with Gasteiger partial charge in [-0.1, -0.05) is 138 Å². The van der Waals surface area contributed by atoms with Crippen molar-refractivity contribution < 1.29 is 4.42 Å². The number of fused-ring (bicyclic) bond motifs is 16. The highest BCUT2D eigenvalue weighted by Gasteiger charge is 2.47. The number of benzene rings is 8. The third-order valence-corrected chi connectivity index (χ3v) is 17.6. The quantitative estimate of drug-likeness (QED) is 0.153. The number of aromatic nitrogens is 1. The highest BCUT2D eigenvalue weighted by Crippen LogP contribution is 2.56. The molecular weight excluding hydrogens is 824 g/mol. The molecule has 0 bridgehead atoms. The maximum Gasteiger partial charge on any atom is 0.333 e. The summed E-state index contributed by atoms with van der Waals surface area (Å²) in [7, 11) is 0. The van der Waals surface area contributed by atoms with Crippen molar-refractivity contribution in [2.24, 2.45) is 0 Å². The largest absolute Gasteiger partial charge is 0.456 e. The summed E-state index contributed by atoms with van der Waals surface area (Å²) in [6.07, 6.45) is 0. The predicted molar refractivity (Wildman–Crippen MR) is 272 cm³/mol. The Hall–Kier alpha value is -5.86. The number of furan rings is 1. The molecule has 0 saturated carbocycles. The van der Waals surface area contributed by atoms with Crippen molar-refractivity contribution in [3.8, 4) is 16.8 Å². The van der Waals surface area contributed by atoms with E-state index >= 15 is 0 Å². The van der Waals surface area contributed by atoms with Crippen molar-refractivity contribution in [2.45, 2.75) is 72.0 Å². The monoisotopic (exact) mass is 864 g/mol. The Bertz CT molecular complexity index is 3860. The topological polar surface area (TPSA) is 21.3 Å². The summed E-state index contributed by atoms with van der Waals surface area (Å²) in [5, 5.41) is 7.57. The standard InChI is InChI=1S/C56H41BN2OS3/c1-55(2,3)30-22-23-40-35(24-30)38-25-31(56(4,5)6)26-39-52(38)58(40)53-50-34-15-7-9-18-43(34)60-44(50)27-37-36-28-48-49(62-47-21-12-11-20-46(47)61-48)29-42(36)59(57(39)51(37)53)41-17-13-16-33-32-14-8-10-19-45(32)63-54(33)41/h7-29H,1-6H3. The Labute approximate surface area is 378 Å². The van der Waals surface area contributed by atoms with Crippen LogP contribution < -0.4 is 15.7 Å². The second kappa shape index (κ2) is 12.4. The molecule has 14 rings (SSSR count). The molecular formula is C56H41BN2OS3. The van der Waals surface area contributed by atoms with E-state index in [-0.39, 0.29) is 17.7 Å². The fourth-order valence-electron chi connectivity index (χ4n) is 10.9. The zero-order valence-electron chi connectivity index (χ0n) is 35.9. The van der Waals surface area contributed by atoms with E-state index in [2.05, 4.69) is 190 Å². The third-order valence-electron chi connectivity index (χ3n) is 13.9. The molecule has 302 valence electrons. The van der Waals surface area contributed by atoms with Gasteiger partial charge in [-0.25, -0.2) is 0 Å². The maximum absolute atomic E-state index is 6.96. The second-order valence-corrected chi connectivity index (χ2v) is 22.9. The normalized spacial score (nSPS) is 14.3. The van der Waals surface area contributed by atoms with Crippen molar-refractivity contribution in [2.75, 3.05) is 4.81 Å². The average molecular weight is 865 g/mol. The highest BCUT2D eigenvalue weighted by atomic mass is 32.2. The Morgan fingerprint density at radius 2 is 1.22 bits per heavy atom. The summed E-state index contributed by atoms with van der Waals surface area (Å²) in [6, 6.07) is 53.2. The van der Waals surface area contributed by atoms with Crippen molar-refractivity contribution in [3.63, 3.8) is 0 Å². The number of thiophene rings is 1. The molecule has 0 spiro atoms. The molecule has 3 aliphatic rings. The minimum Gasteiger partial charge on any atom is -0.456 e. The van der Waals surface area contributed by atoms with Gasteiger partial charge in [0.25, 0.3) is 0 Å². The maximum atomic E-state index is 6.96. The molecule has 0 unspecified atom stereocenters. The van der Waals surface area contributed by atoms with Crippen LogP contribution in [0.15, 0.2) is 164 Å². The lowest BCUT2D eigenvalue weighted by molar-refractivity contribution is 0.590. The van der Waals surface area contributed by atoms with Crippen molar-refractivity contribution in [1.82, 2.24) is 4.57 Å². The Kier molecular flexibility index (Phi) is 7.23. The van der Waals surface area contributed by atoms with Crippen LogP contribution in [0.3, 0.4) is 0 Å². The number of nitrogens with zero attached hydrogens (tertiary/aromatic N) is 2. The van der Waals surface area contributed by atoms with Crippen LogP contribution in [0.1, 0.15) is 52.7 Å². The third kappa shape index (κ3) is 4.96. The van der Waals surface area contributed by atoms with Crippen LogP contribution in [0.2, 0.25) is 0 Å². The van der Waals surface area contributed by atoms with Crippen molar-refractivity contribution in [1.29, 1.82) is 0 Å². The lowest BCUT2D eigenvalue weighted by Crippen LogP contribution is -2.61. The van der Waals surface area contributed by atoms with Gasteiger partial charge in [-0.15, -0.1) is 11.3 Å². The van der Waals surface area contributed by atoms with Crippen LogP contribution in [-0.4, -0.2) is 11.4 Å². The van der Waals surface area contributed by atoms with E-state index in [4.69, 9.17) is 4.42 Å². The van der Waals surface area contributed by atoms with Gasteiger partial charge in [0, 0.05) is 68.2 Å². The van der Waals surface area contributed by atoms with Crippen LogP contribution in [0.4, 0.5) is 11.4 Å². The van der Waals surface area contributed by atoms with E-state index in [9.17, 15) is 0 Å². The lowest BCUT2D eigenvalue weighted by atomic mass is 9.43. The summed E-state index contributed by atoms with van der Waals surface area (Å²) in [4.78, 5) is 7.97. The fraction of sp³-hybridized carbons (Fsp3) is 0.143. The van der Waals surface area contributed by atoms with Gasteiger partial charge in [0.1, 0.15) is 11.2 Å². The first-order valence-corrected chi connectivity index (χ1v) is 24.4. The first-order chi connectivity index (χ1) is 30.5. The van der Waals surface area contributed by atoms with Crippen LogP contribution >= 0.6 is 34.9 Å². The minimum absolute atomic E-state index is 0.00596. The molecule has 3 nitrogen and oxygen atoms in total. The van der Waals surface area contributed by atoms with Gasteiger partial charge in [-0.2, -0.15) is 0 Å². The van der Waals surface area contributed by atoms with Crippen LogP contribution in [0.5, 0.6) is 0 Å². The summed E-state index contributed by atoms with van der Waals surface area (Å²) >= 11 is 5.71. The molecule has 0 fully saturated rings. The van der Waals surface area contributed by atoms with Crippen LogP contribution in [0, 0.1) is 0 Å². The summed E-state index contributed by atoms with van der Waals surface area (Å²) < 4.78 is 12.2. The van der Waals surface area contributed by atoms with Gasteiger partial charge in [0.05, 0.1) is 26.8 Å². The van der Waals surface area contributed by atoms with Gasteiger partial charge in [-0.05, 0) is 105 Å². The molecule has 8 aromatic carbocycles. The molecule has 3 aliphatic heterocycles. The van der Waals surface area contributed by atoms with Gasteiger partial charge in [0.15, 0.2) is 0 Å². The minimum atomic E-state index is -0.133. The van der Waals surface area contributed by atoms with Crippen LogP contribution in [-0.2, 0) is 10.8 Å². The van der Waals surface area contributed by atoms with E-state index in [1.54, 1.807) is 0 Å². The van der Waals surface area contributed by atoms with Gasteiger partial charge < -0.3 is 13.8 Å². The van der Waals surface area contributed by atoms with Crippen molar-refractivity contribution >= 4 is 128 Å². The van der Waals surface area contributed by atoms with E-state index in [1.807, 2.05) is 34.9 Å². The van der Waals surface area contributed by atoms with E-state index in [0.717, 1.165) is 16.6 Å². The zero-order valence-corrected chi connectivity index (χ0v) is 38.3. The number of rotatable bonds is 1. The number of hydrogen-bond acceptors (Lipinski definition) is 5. The first-order valence-electron chi connectivity index (χ1n) is 21.9. The highest BCUT2D eigenvalue weighted by molar-refractivity contribution is 8.05. The summed E-state index contributed by atoms with van der Waals surface area (Å²) in [5.74, 6) is 0. The molecule has 6 heterocycles. The molecule has 3 aromatic heterocycles. The Morgan fingerprint density at radius 3 is 2.02 bits per heavy atom. The molecule has 0 atom stereocenters. The smallest absolute Gasteiger partial charge is 0.333 e. The molecule has 0 aliphatic carbocycles. The Balaban J connectivity index is 1.20. The van der Waals surface area contributed by atoms with Gasteiger partial charge in [-0.3, -0.25) is 0 Å². The molecule has 0 radical (unpaired) electrons. The zero-order chi connectivity index (χ0) is 42.3. The molecule has 0 amide bonds. The number of anilines is 2. The van der Waals surface area contributed by atoms with Crippen molar-refractivity contribution in [3.05, 3.63) is 151 Å². The molecule has 63 heavy (non-hydrogen) atoms. The first kappa shape index (κ1) is 36.6. The summed E-state index contributed by atoms with van der Waals surface area (Å²) in [6.45, 7) is 14.0. The second-order valence-electron chi connectivity index (χ2n) is 19.7. The number of para-hydroxylation sites is 1. The molecule has 0 N–H and O–H groups in total. The lowest BCUT2D eigenvalue weighted by Gasteiger charge is -2.43. The predicted octanol–water partition coefficient (Wildman–Crippen LogP) is 15.5. The molecule has 7 heteroatoms. The van der Waals surface area contributed by atoms with E-state index < -0.39 is 0 Å². The fourth-order valence-corrected chi connectivity index (χ4v) is 14.3. The number of hydrogen-bond donors (Lipinski definition) is 0. The van der Waals surface area contributed by atoms with Gasteiger partial charge >= 0.3 is 6.85 Å². The molecule has 0 saturated heterocycles. The van der Waals surface area contributed by atoms with Gasteiger partial charge in [0.2, 0.25) is 0 Å². The average Bonchev–Trinajstić information content (AvgIpc) is 3.95. The van der Waals surface area contributed by atoms with Crippen LogP contribution in [0.25, 0.3) is 80.7 Å². The molecule has 11 aromatic rings. The van der Waals surface area contributed by atoms with E-state index in [0.29, 0.717) is 0 Å². The SMILES string of the molecule is CC(C)(C)c1ccc2c(c1)c1cc(C(C)(C)C)cc3c1n2-c1c2c(cc4oc5ccccc5c14)-c1cc4c(cc1N(c1cccc5c1sc1ccccc15)B23)Sc1ccccc1S4. The van der Waals surface area contributed by atoms with E-state index in [1.165, 1.54) is 117 Å². The summed E-state index contributed by atoms with van der Waals surface area (Å²) in [5.41, 5.74) is 15.9. The Morgan fingerprint density at radius 1 is 0.524 bits per heavy atom.